The summed E-state index contributed by atoms with van der Waals surface area (Å²) in [6.07, 6.45) is 8.19. The van der Waals surface area contributed by atoms with Crippen molar-refractivity contribution in [3.8, 4) is 11.1 Å². The number of halogens is 3. The van der Waals surface area contributed by atoms with Gasteiger partial charge in [0, 0.05) is 0 Å². The summed E-state index contributed by atoms with van der Waals surface area (Å²) in [5, 5.41) is 0.800. The van der Waals surface area contributed by atoms with Crippen molar-refractivity contribution in [3.63, 3.8) is 0 Å². The topological polar surface area (TPSA) is 0 Å². The summed E-state index contributed by atoms with van der Waals surface area (Å²) in [5.74, 6) is 0. The van der Waals surface area contributed by atoms with Crippen LogP contribution < -0.4 is 24.8 Å². The zero-order chi connectivity index (χ0) is 35.7. The van der Waals surface area contributed by atoms with Crippen LogP contribution in [0.4, 0.5) is 0 Å². The van der Waals surface area contributed by atoms with Crippen LogP contribution in [0.1, 0.15) is 138 Å². The summed E-state index contributed by atoms with van der Waals surface area (Å²) < 4.78 is 3.52. The van der Waals surface area contributed by atoms with Crippen LogP contribution in [0.3, 0.4) is 0 Å². The molecule has 0 bridgehead atoms. The van der Waals surface area contributed by atoms with E-state index in [0.717, 1.165) is 11.4 Å². The Balaban J connectivity index is 0.00000292. The van der Waals surface area contributed by atoms with Gasteiger partial charge >= 0.3 is 312 Å². The van der Waals surface area contributed by atoms with Gasteiger partial charge in [0.2, 0.25) is 0 Å². The van der Waals surface area contributed by atoms with E-state index in [-0.39, 0.29) is 46.5 Å². The molecule has 6 rings (SSSR count). The standard InChI is InChI=1S/C29H41.C13H9Cl.C5H5.2ClH.Zr/c1-26(2,3)22-14-18-13-19-15-23(27(4,5)6)25(29(10,11)12)17-21(19)20(18)16-24(22)28(7,8)9;14-13-8-4-7-12(10-13)9-11-5-2-1-3-6-11;1-2-4-5-3-1;;;/h13-17H,1-12H3;1-8,10H;1-3H,4H2;2*1H;/q;;;;;+2/p-2. The molecule has 0 saturated heterocycles. The number of hydrogen-bond donors (Lipinski definition) is 0. The van der Waals surface area contributed by atoms with Crippen LogP contribution in [0.15, 0.2) is 100 Å². The second-order valence-electron chi connectivity index (χ2n) is 18.4. The van der Waals surface area contributed by atoms with Gasteiger partial charge in [0.1, 0.15) is 0 Å². The van der Waals surface area contributed by atoms with Gasteiger partial charge in [-0.05, 0) is 0 Å². The molecule has 2 aliphatic carbocycles. The fraction of sp³-hybridized carbons (Fsp3) is 0.383. The van der Waals surface area contributed by atoms with Gasteiger partial charge in [-0.3, -0.25) is 0 Å². The fourth-order valence-corrected chi connectivity index (χ4v) is 17.1. The van der Waals surface area contributed by atoms with Crippen LogP contribution in [0, 0.1) is 0 Å². The van der Waals surface area contributed by atoms with Crippen LogP contribution in [0.5, 0.6) is 0 Å². The van der Waals surface area contributed by atoms with Gasteiger partial charge in [-0.15, -0.1) is 0 Å². The Morgan fingerprint density at radius 3 is 1.43 bits per heavy atom. The average Bonchev–Trinajstić information content (AvgIpc) is 3.64. The first-order valence-corrected chi connectivity index (χ1v) is 22.3. The van der Waals surface area contributed by atoms with Crippen LogP contribution in [0.25, 0.3) is 11.1 Å². The van der Waals surface area contributed by atoms with Crippen molar-refractivity contribution < 1.29 is 46.1 Å². The summed E-state index contributed by atoms with van der Waals surface area (Å²) in [6, 6.07) is 30.5. The molecule has 0 saturated carbocycles. The second kappa shape index (κ2) is 15.0. The number of hydrogen-bond acceptors (Lipinski definition) is 0. The molecule has 0 amide bonds. The first-order valence-electron chi connectivity index (χ1n) is 18.1. The predicted octanol–water partition coefficient (Wildman–Crippen LogP) is 7.34. The van der Waals surface area contributed by atoms with Crippen molar-refractivity contribution in [2.45, 2.75) is 115 Å². The zero-order valence-electron chi connectivity index (χ0n) is 32.7. The Morgan fingerprint density at radius 1 is 0.569 bits per heavy atom. The number of rotatable bonds is 4. The monoisotopic (exact) mass is 814 g/mol. The first kappa shape index (κ1) is 41.7. The average molecular weight is 818 g/mol. The Morgan fingerprint density at radius 2 is 1.02 bits per heavy atom. The van der Waals surface area contributed by atoms with Gasteiger partial charge in [-0.25, -0.2) is 0 Å². The minimum Gasteiger partial charge on any atom is -1.00 e. The minimum absolute atomic E-state index is 0. The molecule has 0 fully saturated rings. The molecule has 0 spiro atoms. The van der Waals surface area contributed by atoms with Crippen molar-refractivity contribution >= 4 is 14.8 Å². The third-order valence-electron chi connectivity index (χ3n) is 10.4. The summed E-state index contributed by atoms with van der Waals surface area (Å²) in [6.45, 7) is 28.7. The Hall–Kier alpha value is -2.02. The van der Waals surface area contributed by atoms with Crippen LogP contribution >= 0.6 is 11.6 Å². The Labute approximate surface area is 334 Å². The van der Waals surface area contributed by atoms with E-state index in [2.05, 4.69) is 174 Å². The van der Waals surface area contributed by atoms with Crippen molar-refractivity contribution in [2.75, 3.05) is 0 Å². The van der Waals surface area contributed by atoms with E-state index in [1.165, 1.54) is 55.6 Å². The first-order chi connectivity index (χ1) is 22.8. The molecule has 0 aliphatic heterocycles. The third-order valence-corrected chi connectivity index (χ3v) is 18.9. The van der Waals surface area contributed by atoms with Crippen LogP contribution in [0.2, 0.25) is 5.02 Å². The molecule has 4 aromatic rings. The molecule has 51 heavy (non-hydrogen) atoms. The molecule has 4 aromatic carbocycles. The smallest absolute Gasteiger partial charge is 1.00 e. The molecule has 0 radical (unpaired) electrons. The van der Waals surface area contributed by atoms with E-state index < -0.39 is 21.3 Å². The zero-order valence-corrected chi connectivity index (χ0v) is 37.4. The minimum atomic E-state index is -2.89. The third kappa shape index (κ3) is 8.24. The molecule has 0 heterocycles. The Kier molecular flexibility index (Phi) is 12.3. The van der Waals surface area contributed by atoms with E-state index >= 15 is 0 Å². The maximum absolute atomic E-state index is 6.81. The van der Waals surface area contributed by atoms with E-state index in [4.69, 9.17) is 11.6 Å². The van der Waals surface area contributed by atoms with E-state index in [1.807, 2.05) is 6.07 Å². The molecular formula is C47H55Cl3Zr. The molecule has 0 nitrogen and oxygen atoms in total. The second-order valence-corrected chi connectivity index (χ2v) is 25.1. The van der Waals surface area contributed by atoms with Crippen molar-refractivity contribution in [1.82, 2.24) is 0 Å². The van der Waals surface area contributed by atoms with Gasteiger partial charge in [0.05, 0.1) is 0 Å². The summed E-state index contributed by atoms with van der Waals surface area (Å²) in [5.41, 5.74) is 14.6. The Bertz CT molecular complexity index is 1940. The SMILES string of the molecule is CC(C)(C)c1cc2c(cc1C(C)(C)C)[CH](/[Zr+2]([C]1=CC=CC1)=[C](\c1ccccc1)c1cccc(Cl)c1)c1cc(C(C)(C)C)c(C(C)(C)C)cc1-2.[Cl-].[Cl-]. The molecule has 268 valence electrons. The van der Waals surface area contributed by atoms with Crippen LogP contribution in [-0.4, -0.2) is 3.21 Å². The molecule has 0 unspecified atom stereocenters. The van der Waals surface area contributed by atoms with Gasteiger partial charge in [-0.1, -0.05) is 0 Å². The maximum Gasteiger partial charge on any atom is -1.00 e. The van der Waals surface area contributed by atoms with E-state index in [9.17, 15) is 0 Å². The van der Waals surface area contributed by atoms with Gasteiger partial charge in [0.25, 0.3) is 0 Å². The summed E-state index contributed by atoms with van der Waals surface area (Å²) >= 11 is 3.92. The van der Waals surface area contributed by atoms with Gasteiger partial charge < -0.3 is 24.8 Å². The molecule has 2 aliphatic rings. The molecule has 0 N–H and O–H groups in total. The van der Waals surface area contributed by atoms with Crippen molar-refractivity contribution in [2.24, 2.45) is 0 Å². The normalized spacial score (nSPS) is 14.7. The fourth-order valence-electron chi connectivity index (χ4n) is 8.00. The predicted molar refractivity (Wildman–Crippen MR) is 211 cm³/mol. The molecule has 0 atom stereocenters. The number of fused-ring (bicyclic) bond motifs is 3. The van der Waals surface area contributed by atoms with E-state index in [1.54, 1.807) is 6.49 Å². The summed E-state index contributed by atoms with van der Waals surface area (Å²) in [7, 11) is 0. The number of allylic oxidation sites excluding steroid dienone is 4. The van der Waals surface area contributed by atoms with Crippen molar-refractivity contribution in [3.05, 3.63) is 150 Å². The summed E-state index contributed by atoms with van der Waals surface area (Å²) in [4.78, 5) is 0. The van der Waals surface area contributed by atoms with Gasteiger partial charge in [-0.2, -0.15) is 0 Å². The van der Waals surface area contributed by atoms with Gasteiger partial charge in [0.15, 0.2) is 0 Å². The molecule has 4 heteroatoms. The van der Waals surface area contributed by atoms with Crippen LogP contribution in [-0.2, 0) is 42.9 Å². The van der Waals surface area contributed by atoms with E-state index in [0.29, 0.717) is 3.63 Å². The number of benzene rings is 4. The molecule has 0 aromatic heterocycles. The quantitative estimate of drug-likeness (QED) is 0.203. The molecular weight excluding hydrogens is 762 g/mol. The maximum atomic E-state index is 6.81. The largest absolute Gasteiger partial charge is 1.00 e. The van der Waals surface area contributed by atoms with Crippen molar-refractivity contribution in [1.29, 1.82) is 0 Å².